The summed E-state index contributed by atoms with van der Waals surface area (Å²) >= 11 is 0. The minimum atomic E-state index is -4.01. The van der Waals surface area contributed by atoms with Gasteiger partial charge in [-0.05, 0) is 12.0 Å². The van der Waals surface area contributed by atoms with Crippen LogP contribution in [0.5, 0.6) is 0 Å². The SMILES string of the molecule is C=C1CC(C)C(F)(F)C1(F)F. The highest BCUT2D eigenvalue weighted by atomic mass is 19.3. The van der Waals surface area contributed by atoms with Crippen LogP contribution in [0.4, 0.5) is 17.6 Å². The smallest absolute Gasteiger partial charge is 0.199 e. The molecule has 1 aliphatic carbocycles. The summed E-state index contributed by atoms with van der Waals surface area (Å²) in [5, 5.41) is 0. The van der Waals surface area contributed by atoms with Crippen LogP contribution in [0.3, 0.4) is 0 Å². The molecule has 1 rings (SSSR count). The molecule has 0 aromatic heterocycles. The first-order valence-electron chi connectivity index (χ1n) is 3.24. The van der Waals surface area contributed by atoms with E-state index in [-0.39, 0.29) is 6.42 Å². The van der Waals surface area contributed by atoms with Crippen LogP contribution < -0.4 is 0 Å². The van der Waals surface area contributed by atoms with Gasteiger partial charge in [0.2, 0.25) is 0 Å². The van der Waals surface area contributed by atoms with E-state index in [1.54, 1.807) is 0 Å². The summed E-state index contributed by atoms with van der Waals surface area (Å²) in [5.41, 5.74) is -0.657. The van der Waals surface area contributed by atoms with Crippen LogP contribution in [0, 0.1) is 5.92 Å². The molecule has 1 unspecified atom stereocenters. The van der Waals surface area contributed by atoms with Gasteiger partial charge in [-0.25, -0.2) is 0 Å². The first kappa shape index (κ1) is 8.56. The Kier molecular flexibility index (Phi) is 1.55. The lowest BCUT2D eigenvalue weighted by atomic mass is 10.1. The van der Waals surface area contributed by atoms with E-state index >= 15 is 0 Å². The van der Waals surface area contributed by atoms with Crippen LogP contribution in [-0.2, 0) is 0 Å². The summed E-state index contributed by atoms with van der Waals surface area (Å²) in [5.74, 6) is -9.22. The molecule has 4 heteroatoms. The van der Waals surface area contributed by atoms with Crippen molar-refractivity contribution in [3.8, 4) is 0 Å². The van der Waals surface area contributed by atoms with Crippen LogP contribution in [0.15, 0.2) is 12.2 Å². The molecule has 0 aromatic carbocycles. The maximum absolute atomic E-state index is 12.6. The summed E-state index contributed by atoms with van der Waals surface area (Å²) in [6.45, 7) is 4.03. The van der Waals surface area contributed by atoms with Gasteiger partial charge in [-0.3, -0.25) is 0 Å². The Morgan fingerprint density at radius 3 is 1.91 bits per heavy atom. The number of hydrogen-bond acceptors (Lipinski definition) is 0. The molecule has 64 valence electrons. The Labute approximate surface area is 61.9 Å². The number of halogens is 4. The summed E-state index contributed by atoms with van der Waals surface area (Å²) in [6, 6.07) is 0. The van der Waals surface area contributed by atoms with E-state index in [2.05, 4.69) is 6.58 Å². The van der Waals surface area contributed by atoms with Gasteiger partial charge >= 0.3 is 11.8 Å². The molecule has 0 saturated heterocycles. The standard InChI is InChI=1S/C7H8F4/c1-4-3-5(2)7(10,11)6(4,8)9/h5H,1,3H2,2H3. The first-order valence-corrected chi connectivity index (χ1v) is 3.24. The average Bonchev–Trinajstić information content (AvgIpc) is 1.95. The predicted molar refractivity (Wildman–Crippen MR) is 32.8 cm³/mol. The van der Waals surface area contributed by atoms with Crippen LogP contribution >= 0.6 is 0 Å². The summed E-state index contributed by atoms with van der Waals surface area (Å²) in [6.07, 6.45) is -0.292. The van der Waals surface area contributed by atoms with Gasteiger partial charge in [0.15, 0.2) is 0 Å². The van der Waals surface area contributed by atoms with Gasteiger partial charge in [-0.1, -0.05) is 13.5 Å². The number of hydrogen-bond donors (Lipinski definition) is 0. The Morgan fingerprint density at radius 1 is 1.36 bits per heavy atom. The molecule has 0 nitrogen and oxygen atoms in total. The number of alkyl halides is 4. The highest BCUT2D eigenvalue weighted by Crippen LogP contribution is 2.53. The van der Waals surface area contributed by atoms with E-state index in [0.717, 1.165) is 6.92 Å². The molecule has 1 saturated carbocycles. The average molecular weight is 168 g/mol. The third-order valence-corrected chi connectivity index (χ3v) is 2.03. The van der Waals surface area contributed by atoms with Gasteiger partial charge in [0.1, 0.15) is 0 Å². The molecule has 1 fully saturated rings. The Hall–Kier alpha value is -0.540. The first-order chi connectivity index (χ1) is 4.80. The molecule has 0 amide bonds. The zero-order valence-corrected chi connectivity index (χ0v) is 6.00. The quantitative estimate of drug-likeness (QED) is 0.385. The number of rotatable bonds is 0. The minimum Gasteiger partial charge on any atom is -0.199 e. The fourth-order valence-electron chi connectivity index (χ4n) is 1.17. The highest BCUT2D eigenvalue weighted by Gasteiger charge is 2.65. The monoisotopic (exact) mass is 168 g/mol. The molecular formula is C7H8F4. The lowest BCUT2D eigenvalue weighted by Gasteiger charge is -2.21. The van der Waals surface area contributed by atoms with E-state index in [1.807, 2.05) is 0 Å². The predicted octanol–water partition coefficient (Wildman–Crippen LogP) is 2.85. The normalized spacial score (nSPS) is 34.3. The maximum Gasteiger partial charge on any atom is 0.331 e. The van der Waals surface area contributed by atoms with E-state index in [9.17, 15) is 17.6 Å². The van der Waals surface area contributed by atoms with Crippen LogP contribution in [0.25, 0.3) is 0 Å². The molecule has 0 spiro atoms. The fraction of sp³-hybridized carbons (Fsp3) is 0.714. The molecule has 0 N–H and O–H groups in total. The molecule has 0 radical (unpaired) electrons. The summed E-state index contributed by atoms with van der Waals surface area (Å²) < 4.78 is 50.1. The topological polar surface area (TPSA) is 0 Å². The lowest BCUT2D eigenvalue weighted by Crippen LogP contribution is -2.38. The Bertz CT molecular complexity index is 195. The van der Waals surface area contributed by atoms with Gasteiger partial charge in [-0.2, -0.15) is 17.6 Å². The molecule has 0 aromatic rings. The molecule has 0 bridgehead atoms. The second-order valence-corrected chi connectivity index (χ2v) is 2.91. The zero-order chi connectivity index (χ0) is 8.86. The van der Waals surface area contributed by atoms with Crippen molar-refractivity contribution in [3.05, 3.63) is 12.2 Å². The van der Waals surface area contributed by atoms with Crippen molar-refractivity contribution in [2.45, 2.75) is 25.2 Å². The minimum absolute atomic E-state index is 0.292. The molecule has 11 heavy (non-hydrogen) atoms. The third-order valence-electron chi connectivity index (χ3n) is 2.03. The van der Waals surface area contributed by atoms with E-state index < -0.39 is 23.3 Å². The van der Waals surface area contributed by atoms with Crippen molar-refractivity contribution >= 4 is 0 Å². The van der Waals surface area contributed by atoms with Crippen molar-refractivity contribution in [2.24, 2.45) is 5.92 Å². The van der Waals surface area contributed by atoms with Crippen molar-refractivity contribution in [3.63, 3.8) is 0 Å². The zero-order valence-electron chi connectivity index (χ0n) is 6.00. The van der Waals surface area contributed by atoms with Crippen LogP contribution in [-0.4, -0.2) is 11.8 Å². The Balaban J connectivity index is 3.04. The molecule has 1 aliphatic rings. The van der Waals surface area contributed by atoms with Gasteiger partial charge in [0, 0.05) is 5.92 Å². The lowest BCUT2D eigenvalue weighted by molar-refractivity contribution is -0.187. The summed E-state index contributed by atoms with van der Waals surface area (Å²) in [4.78, 5) is 0. The second-order valence-electron chi connectivity index (χ2n) is 2.91. The summed E-state index contributed by atoms with van der Waals surface area (Å²) in [7, 11) is 0. The molecule has 0 aliphatic heterocycles. The van der Waals surface area contributed by atoms with E-state index in [0.29, 0.717) is 0 Å². The third kappa shape index (κ3) is 0.880. The van der Waals surface area contributed by atoms with Gasteiger partial charge < -0.3 is 0 Å². The number of allylic oxidation sites excluding steroid dienone is 1. The van der Waals surface area contributed by atoms with Gasteiger partial charge in [-0.15, -0.1) is 0 Å². The van der Waals surface area contributed by atoms with Crippen LogP contribution in [0.1, 0.15) is 13.3 Å². The Morgan fingerprint density at radius 2 is 1.82 bits per heavy atom. The highest BCUT2D eigenvalue weighted by molar-refractivity contribution is 5.22. The second kappa shape index (κ2) is 1.99. The van der Waals surface area contributed by atoms with Crippen LogP contribution in [0.2, 0.25) is 0 Å². The van der Waals surface area contributed by atoms with Crippen molar-refractivity contribution in [1.29, 1.82) is 0 Å². The van der Waals surface area contributed by atoms with Crippen molar-refractivity contribution in [2.75, 3.05) is 0 Å². The van der Waals surface area contributed by atoms with Gasteiger partial charge in [0.05, 0.1) is 0 Å². The van der Waals surface area contributed by atoms with E-state index in [1.165, 1.54) is 0 Å². The molecule has 1 atom stereocenters. The van der Waals surface area contributed by atoms with Gasteiger partial charge in [0.25, 0.3) is 0 Å². The van der Waals surface area contributed by atoms with E-state index in [4.69, 9.17) is 0 Å². The largest absolute Gasteiger partial charge is 0.331 e. The van der Waals surface area contributed by atoms with Crippen molar-refractivity contribution < 1.29 is 17.6 Å². The maximum atomic E-state index is 12.6. The molecular weight excluding hydrogens is 160 g/mol. The van der Waals surface area contributed by atoms with Crippen molar-refractivity contribution in [1.82, 2.24) is 0 Å². The molecule has 0 heterocycles. The fourth-order valence-corrected chi connectivity index (χ4v) is 1.17.